The zero-order valence-electron chi connectivity index (χ0n) is 16.9. The quantitative estimate of drug-likeness (QED) is 0.389. The number of hydrogen-bond donors (Lipinski definition) is 0. The van der Waals surface area contributed by atoms with Crippen LogP contribution < -0.4 is 14.4 Å². The fraction of sp³-hybridized carbons (Fsp3) is 0.333. The number of benzene rings is 2. The summed E-state index contributed by atoms with van der Waals surface area (Å²) in [6.45, 7) is 3.93. The van der Waals surface area contributed by atoms with Crippen molar-refractivity contribution in [3.8, 4) is 11.5 Å². The van der Waals surface area contributed by atoms with Gasteiger partial charge < -0.3 is 19.1 Å². The highest BCUT2D eigenvalue weighted by Gasteiger charge is 2.32. The molecule has 1 aliphatic heterocycles. The molecule has 158 valence electrons. The van der Waals surface area contributed by atoms with Crippen molar-refractivity contribution in [2.75, 3.05) is 25.2 Å². The lowest BCUT2D eigenvalue weighted by Gasteiger charge is -2.22. The van der Waals surface area contributed by atoms with E-state index >= 15 is 0 Å². The van der Waals surface area contributed by atoms with Gasteiger partial charge in [-0.25, -0.2) is 4.79 Å². The van der Waals surface area contributed by atoms with Gasteiger partial charge in [0.05, 0.1) is 24.7 Å². The molecule has 2 aromatic rings. The minimum absolute atomic E-state index is 0.123. The van der Waals surface area contributed by atoms with Crippen LogP contribution in [-0.4, -0.2) is 43.2 Å². The molecule has 0 aromatic heterocycles. The Bertz CT molecular complexity index is 989. The number of nitrogens with zero attached hydrogens (tertiary/aromatic N) is 2. The van der Waals surface area contributed by atoms with Crippen LogP contribution in [0.25, 0.3) is 0 Å². The van der Waals surface area contributed by atoms with E-state index in [9.17, 15) is 19.7 Å². The van der Waals surface area contributed by atoms with Crippen LogP contribution in [0, 0.1) is 10.1 Å². The van der Waals surface area contributed by atoms with Crippen molar-refractivity contribution in [2.24, 2.45) is 0 Å². The van der Waals surface area contributed by atoms with Crippen LogP contribution in [0.1, 0.15) is 29.8 Å². The normalized spacial score (nSPS) is 13.4. The smallest absolute Gasteiger partial charge is 0.346 e. The molecule has 9 nitrogen and oxygen atoms in total. The molecule has 30 heavy (non-hydrogen) atoms. The molecule has 1 atom stereocenters. The fourth-order valence-corrected chi connectivity index (χ4v) is 3.35. The Morgan fingerprint density at radius 2 is 1.97 bits per heavy atom. The lowest BCUT2D eigenvalue weighted by molar-refractivity contribution is -0.385. The number of hydrogen-bond acceptors (Lipinski definition) is 7. The molecule has 0 saturated heterocycles. The number of para-hydroxylation sites is 1. The van der Waals surface area contributed by atoms with Gasteiger partial charge in [0, 0.05) is 18.3 Å². The second-order valence-electron chi connectivity index (χ2n) is 6.63. The van der Waals surface area contributed by atoms with Crippen LogP contribution in [0.4, 0.5) is 11.4 Å². The van der Waals surface area contributed by atoms with Crippen LogP contribution in [0.3, 0.4) is 0 Å². The summed E-state index contributed by atoms with van der Waals surface area (Å²) in [5.74, 6) is -1.09. The van der Waals surface area contributed by atoms with Gasteiger partial charge in [0.1, 0.15) is 5.56 Å². The van der Waals surface area contributed by atoms with Gasteiger partial charge in [0.15, 0.2) is 17.6 Å². The molecule has 0 bridgehead atoms. The van der Waals surface area contributed by atoms with E-state index in [1.807, 2.05) is 24.3 Å². The fourth-order valence-electron chi connectivity index (χ4n) is 3.35. The van der Waals surface area contributed by atoms with E-state index < -0.39 is 28.6 Å². The predicted molar refractivity (Wildman–Crippen MR) is 108 cm³/mol. The number of methoxy groups -OCH3 is 1. The van der Waals surface area contributed by atoms with Gasteiger partial charge in [-0.05, 0) is 31.9 Å². The number of ether oxygens (including phenoxy) is 3. The van der Waals surface area contributed by atoms with Crippen molar-refractivity contribution < 1.29 is 28.7 Å². The topological polar surface area (TPSA) is 108 Å². The maximum absolute atomic E-state index is 12.8. The van der Waals surface area contributed by atoms with E-state index in [0.29, 0.717) is 13.0 Å². The number of rotatable bonds is 7. The highest BCUT2D eigenvalue weighted by molar-refractivity contribution is 6.01. The molecule has 0 fully saturated rings. The van der Waals surface area contributed by atoms with E-state index in [1.54, 1.807) is 11.8 Å². The molecule has 9 heteroatoms. The molecule has 1 heterocycles. The van der Waals surface area contributed by atoms with Crippen molar-refractivity contribution in [1.29, 1.82) is 0 Å². The summed E-state index contributed by atoms with van der Waals surface area (Å²) < 4.78 is 15.8. The Balaban J connectivity index is 1.83. The second kappa shape index (κ2) is 8.81. The van der Waals surface area contributed by atoms with E-state index in [0.717, 1.165) is 17.3 Å². The number of fused-ring (bicyclic) bond motifs is 1. The van der Waals surface area contributed by atoms with Crippen molar-refractivity contribution in [3.63, 3.8) is 0 Å². The van der Waals surface area contributed by atoms with Gasteiger partial charge >= 0.3 is 5.97 Å². The highest BCUT2D eigenvalue weighted by Crippen LogP contribution is 2.35. The summed E-state index contributed by atoms with van der Waals surface area (Å²) in [6.07, 6.45) is -0.412. The third-order valence-electron chi connectivity index (χ3n) is 4.78. The maximum atomic E-state index is 12.8. The summed E-state index contributed by atoms with van der Waals surface area (Å²) >= 11 is 0. The summed E-state index contributed by atoms with van der Waals surface area (Å²) in [7, 11) is 1.34. The number of nitro benzene ring substituents is 1. The molecule has 0 saturated carbocycles. The lowest BCUT2D eigenvalue weighted by atomic mass is 10.1. The third-order valence-corrected chi connectivity index (χ3v) is 4.78. The van der Waals surface area contributed by atoms with Gasteiger partial charge in [-0.3, -0.25) is 14.9 Å². The molecule has 1 amide bonds. The molecule has 0 radical (unpaired) electrons. The molecule has 0 aliphatic carbocycles. The first-order chi connectivity index (χ1) is 14.4. The SMILES string of the molecule is CCOc1cc(C(=O)O[C@@H](C)C(=O)N2CCc3ccccc32)c([N+](=O)[O-])cc1OC. The number of anilines is 1. The van der Waals surface area contributed by atoms with Gasteiger partial charge in [0.25, 0.3) is 11.6 Å². The largest absolute Gasteiger partial charge is 0.493 e. The predicted octanol–water partition coefficient (Wildman–Crippen LogP) is 3.14. The van der Waals surface area contributed by atoms with Gasteiger partial charge in [-0.1, -0.05) is 18.2 Å². The van der Waals surface area contributed by atoms with Crippen LogP contribution in [0.15, 0.2) is 36.4 Å². The molecule has 2 aromatic carbocycles. The Labute approximate surface area is 173 Å². The van der Waals surface area contributed by atoms with Crippen LogP contribution in [0.2, 0.25) is 0 Å². The molecular weight excluding hydrogens is 392 g/mol. The number of nitro groups is 1. The van der Waals surface area contributed by atoms with Crippen LogP contribution in [0.5, 0.6) is 11.5 Å². The Kier molecular flexibility index (Phi) is 6.20. The van der Waals surface area contributed by atoms with Gasteiger partial charge in [0.2, 0.25) is 0 Å². The maximum Gasteiger partial charge on any atom is 0.346 e. The van der Waals surface area contributed by atoms with E-state index in [4.69, 9.17) is 14.2 Å². The Morgan fingerprint density at radius 3 is 2.63 bits per heavy atom. The van der Waals surface area contributed by atoms with Crippen LogP contribution >= 0.6 is 0 Å². The Hall–Kier alpha value is -3.62. The second-order valence-corrected chi connectivity index (χ2v) is 6.63. The van der Waals surface area contributed by atoms with Gasteiger partial charge in [-0.2, -0.15) is 0 Å². The first-order valence-corrected chi connectivity index (χ1v) is 9.46. The average molecular weight is 414 g/mol. The number of carbonyl (C=O) groups excluding carboxylic acids is 2. The zero-order valence-corrected chi connectivity index (χ0v) is 16.9. The standard InChI is InChI=1S/C21H22N2O7/c1-4-29-19-11-15(17(23(26)27)12-18(19)28-3)21(25)30-13(2)20(24)22-10-9-14-7-5-6-8-16(14)22/h5-8,11-13H,4,9-10H2,1-3H3/t13-/m0/s1. The third kappa shape index (κ3) is 4.05. The van der Waals surface area contributed by atoms with E-state index in [1.165, 1.54) is 20.1 Å². The highest BCUT2D eigenvalue weighted by atomic mass is 16.6. The van der Waals surface area contributed by atoms with Crippen molar-refractivity contribution in [1.82, 2.24) is 0 Å². The number of carbonyl (C=O) groups is 2. The molecule has 3 rings (SSSR count). The minimum atomic E-state index is -1.12. The van der Waals surface area contributed by atoms with Crippen molar-refractivity contribution >= 4 is 23.3 Å². The van der Waals surface area contributed by atoms with Crippen LogP contribution in [-0.2, 0) is 16.0 Å². The lowest BCUT2D eigenvalue weighted by Crippen LogP contribution is -2.39. The monoisotopic (exact) mass is 414 g/mol. The zero-order chi connectivity index (χ0) is 21.8. The first-order valence-electron chi connectivity index (χ1n) is 9.46. The van der Waals surface area contributed by atoms with E-state index in [2.05, 4.69) is 0 Å². The number of esters is 1. The van der Waals surface area contributed by atoms with Gasteiger partial charge in [-0.15, -0.1) is 0 Å². The molecule has 0 spiro atoms. The molecule has 1 aliphatic rings. The summed E-state index contributed by atoms with van der Waals surface area (Å²) in [5.41, 5.74) is 1.01. The van der Waals surface area contributed by atoms with Crippen molar-refractivity contribution in [2.45, 2.75) is 26.4 Å². The molecular formula is C21H22N2O7. The van der Waals surface area contributed by atoms with Crippen molar-refractivity contribution in [3.05, 3.63) is 57.6 Å². The summed E-state index contributed by atoms with van der Waals surface area (Å²) in [6, 6.07) is 9.80. The molecule has 0 unspecified atom stereocenters. The molecule has 0 N–H and O–H groups in total. The van der Waals surface area contributed by atoms with E-state index in [-0.39, 0.29) is 23.7 Å². The number of amides is 1. The average Bonchev–Trinajstić information content (AvgIpc) is 3.17. The Morgan fingerprint density at radius 1 is 1.23 bits per heavy atom. The minimum Gasteiger partial charge on any atom is -0.493 e. The summed E-state index contributed by atoms with van der Waals surface area (Å²) in [4.78, 5) is 37.8. The first kappa shape index (κ1) is 21.1. The summed E-state index contributed by atoms with van der Waals surface area (Å²) in [5, 5.41) is 11.5.